The quantitative estimate of drug-likeness (QED) is 0.547. The minimum absolute atomic E-state index is 0.236. The Morgan fingerprint density at radius 1 is 1.35 bits per heavy atom. The topological polar surface area (TPSA) is 55.6 Å². The first-order chi connectivity index (χ1) is 10.7. The summed E-state index contributed by atoms with van der Waals surface area (Å²) in [7, 11) is 0. The van der Waals surface area contributed by atoms with Gasteiger partial charge in [-0.25, -0.2) is 4.79 Å². The molecule has 1 amide bonds. The minimum Gasteiger partial charge on any atom is -0.444 e. The van der Waals surface area contributed by atoms with Crippen molar-refractivity contribution >= 4 is 27.7 Å². The maximum absolute atomic E-state index is 12.0. The van der Waals surface area contributed by atoms with Crippen LogP contribution < -0.4 is 5.73 Å². The van der Waals surface area contributed by atoms with Crippen LogP contribution in [0.4, 0.5) is 10.5 Å². The molecule has 0 bridgehead atoms. The maximum Gasteiger partial charge on any atom is 0.410 e. The average Bonchev–Trinajstić information content (AvgIpc) is 2.47. The summed E-state index contributed by atoms with van der Waals surface area (Å²) in [5.74, 6) is 6.73. The molecule has 0 unspecified atom stereocenters. The van der Waals surface area contributed by atoms with E-state index in [1.807, 2.05) is 39.0 Å². The number of benzene rings is 1. The van der Waals surface area contributed by atoms with Crippen molar-refractivity contribution in [3.8, 4) is 11.8 Å². The largest absolute Gasteiger partial charge is 0.444 e. The van der Waals surface area contributed by atoms with Gasteiger partial charge in [0.2, 0.25) is 0 Å². The van der Waals surface area contributed by atoms with Crippen molar-refractivity contribution in [3.05, 3.63) is 28.2 Å². The standard InChI is InChI=1S/C18H23BrN2O2/c1-18(2,3)23-17(22)21-10-8-13(9-11-21)4-5-14-12-15(19)6-7-16(14)20/h6-7,12-13H,8-11,20H2,1-3H3. The van der Waals surface area contributed by atoms with Crippen molar-refractivity contribution in [2.24, 2.45) is 5.92 Å². The van der Waals surface area contributed by atoms with Crippen molar-refractivity contribution in [2.75, 3.05) is 18.8 Å². The van der Waals surface area contributed by atoms with Gasteiger partial charge in [0.1, 0.15) is 5.60 Å². The fourth-order valence-corrected chi connectivity index (χ4v) is 2.71. The van der Waals surface area contributed by atoms with Gasteiger partial charge in [-0.05, 0) is 51.8 Å². The molecule has 0 aliphatic carbocycles. The molecule has 1 heterocycles. The molecule has 5 heteroatoms. The number of ether oxygens (including phenoxy) is 1. The van der Waals surface area contributed by atoms with E-state index in [0.29, 0.717) is 18.8 Å². The van der Waals surface area contributed by atoms with E-state index in [4.69, 9.17) is 10.5 Å². The third-order valence-electron chi connectivity index (χ3n) is 3.57. The van der Waals surface area contributed by atoms with Gasteiger partial charge in [-0.1, -0.05) is 27.8 Å². The van der Waals surface area contributed by atoms with Crippen LogP contribution in [0.2, 0.25) is 0 Å². The number of anilines is 1. The molecule has 1 fully saturated rings. The molecule has 23 heavy (non-hydrogen) atoms. The number of nitrogens with zero attached hydrogens (tertiary/aromatic N) is 1. The number of amides is 1. The van der Waals surface area contributed by atoms with E-state index in [-0.39, 0.29) is 12.0 Å². The molecule has 0 spiro atoms. The lowest BCUT2D eigenvalue weighted by atomic mass is 9.97. The van der Waals surface area contributed by atoms with Crippen LogP contribution >= 0.6 is 15.9 Å². The van der Waals surface area contributed by atoms with Gasteiger partial charge in [0.15, 0.2) is 0 Å². The molecule has 1 saturated heterocycles. The monoisotopic (exact) mass is 378 g/mol. The maximum atomic E-state index is 12.0. The van der Waals surface area contributed by atoms with Crippen LogP contribution in [-0.4, -0.2) is 29.7 Å². The van der Waals surface area contributed by atoms with Crippen molar-refractivity contribution in [2.45, 2.75) is 39.2 Å². The van der Waals surface area contributed by atoms with Gasteiger partial charge < -0.3 is 15.4 Å². The summed E-state index contributed by atoms with van der Waals surface area (Å²) < 4.78 is 6.37. The van der Waals surface area contributed by atoms with Gasteiger partial charge in [0.05, 0.1) is 0 Å². The van der Waals surface area contributed by atoms with Crippen molar-refractivity contribution in [1.82, 2.24) is 4.90 Å². The molecular weight excluding hydrogens is 356 g/mol. The minimum atomic E-state index is -0.452. The van der Waals surface area contributed by atoms with Crippen molar-refractivity contribution < 1.29 is 9.53 Å². The first kappa shape index (κ1) is 17.7. The molecule has 0 radical (unpaired) electrons. The zero-order valence-corrected chi connectivity index (χ0v) is 15.4. The number of hydrogen-bond donors (Lipinski definition) is 1. The van der Waals surface area contributed by atoms with Gasteiger partial charge in [-0.15, -0.1) is 0 Å². The summed E-state index contributed by atoms with van der Waals surface area (Å²) in [6.07, 6.45) is 1.49. The number of piperidine rings is 1. The van der Waals surface area contributed by atoms with Gasteiger partial charge in [0.25, 0.3) is 0 Å². The van der Waals surface area contributed by atoms with E-state index >= 15 is 0 Å². The number of nitrogens with two attached hydrogens (primary N) is 1. The molecule has 1 aliphatic rings. The summed E-state index contributed by atoms with van der Waals surface area (Å²) in [6.45, 7) is 7.01. The number of likely N-dealkylation sites (tertiary alicyclic amines) is 1. The van der Waals surface area contributed by atoms with E-state index in [2.05, 4.69) is 27.8 Å². The summed E-state index contributed by atoms with van der Waals surface area (Å²) in [4.78, 5) is 13.8. The van der Waals surface area contributed by atoms with Crippen LogP contribution in [0.3, 0.4) is 0 Å². The van der Waals surface area contributed by atoms with Crippen LogP contribution in [-0.2, 0) is 4.74 Å². The van der Waals surface area contributed by atoms with Gasteiger partial charge >= 0.3 is 6.09 Å². The summed E-state index contributed by atoms with van der Waals surface area (Å²) in [6, 6.07) is 5.68. The fraction of sp³-hybridized carbons (Fsp3) is 0.500. The summed E-state index contributed by atoms with van der Waals surface area (Å²) >= 11 is 3.43. The highest BCUT2D eigenvalue weighted by atomic mass is 79.9. The smallest absolute Gasteiger partial charge is 0.410 e. The second-order valence-electron chi connectivity index (χ2n) is 6.74. The Morgan fingerprint density at radius 2 is 2.00 bits per heavy atom. The first-order valence-electron chi connectivity index (χ1n) is 7.79. The SMILES string of the molecule is CC(C)(C)OC(=O)N1CCC(C#Cc2cc(Br)ccc2N)CC1. The van der Waals surface area contributed by atoms with Crippen LogP contribution in [0.25, 0.3) is 0 Å². The zero-order valence-electron chi connectivity index (χ0n) is 13.9. The van der Waals surface area contributed by atoms with E-state index in [1.54, 1.807) is 4.90 Å². The number of carbonyl (C=O) groups is 1. The molecule has 0 aromatic heterocycles. The predicted octanol–water partition coefficient (Wildman–Crippen LogP) is 4.03. The van der Waals surface area contributed by atoms with Crippen LogP contribution in [0.5, 0.6) is 0 Å². The zero-order chi connectivity index (χ0) is 17.0. The van der Waals surface area contributed by atoms with E-state index in [9.17, 15) is 4.79 Å². The van der Waals surface area contributed by atoms with Gasteiger partial charge in [-0.2, -0.15) is 0 Å². The second-order valence-corrected chi connectivity index (χ2v) is 7.66. The number of rotatable bonds is 0. The predicted molar refractivity (Wildman–Crippen MR) is 96.0 cm³/mol. The lowest BCUT2D eigenvalue weighted by Crippen LogP contribution is -2.41. The van der Waals surface area contributed by atoms with Crippen LogP contribution in [0.1, 0.15) is 39.2 Å². The normalized spacial score (nSPS) is 15.7. The van der Waals surface area contributed by atoms with Gasteiger partial charge in [-0.3, -0.25) is 0 Å². The highest BCUT2D eigenvalue weighted by molar-refractivity contribution is 9.10. The molecule has 124 valence electrons. The first-order valence-corrected chi connectivity index (χ1v) is 8.58. The van der Waals surface area contributed by atoms with Crippen LogP contribution in [0, 0.1) is 17.8 Å². The summed E-state index contributed by atoms with van der Waals surface area (Å²) in [5.41, 5.74) is 7.01. The molecule has 2 rings (SSSR count). The molecule has 1 aromatic rings. The van der Waals surface area contributed by atoms with E-state index < -0.39 is 5.60 Å². The Labute approximate surface area is 146 Å². The molecule has 1 aliphatic heterocycles. The highest BCUT2D eigenvalue weighted by Gasteiger charge is 2.26. The highest BCUT2D eigenvalue weighted by Crippen LogP contribution is 2.21. The molecule has 4 nitrogen and oxygen atoms in total. The Bertz CT molecular complexity index is 633. The number of hydrogen-bond acceptors (Lipinski definition) is 3. The Kier molecular flexibility index (Phi) is 5.59. The molecule has 0 saturated carbocycles. The number of halogens is 1. The second kappa shape index (κ2) is 7.27. The molecular formula is C18H23BrN2O2. The van der Waals surface area contributed by atoms with Gasteiger partial charge in [0, 0.05) is 34.7 Å². The lowest BCUT2D eigenvalue weighted by Gasteiger charge is -2.31. The fourth-order valence-electron chi connectivity index (χ4n) is 2.35. The third-order valence-corrected chi connectivity index (χ3v) is 4.07. The Balaban J connectivity index is 1.92. The van der Waals surface area contributed by atoms with Crippen LogP contribution in [0.15, 0.2) is 22.7 Å². The van der Waals surface area contributed by atoms with Crippen molar-refractivity contribution in [3.63, 3.8) is 0 Å². The molecule has 2 N–H and O–H groups in total. The number of carbonyl (C=O) groups excluding carboxylic acids is 1. The Morgan fingerprint density at radius 3 is 2.61 bits per heavy atom. The average molecular weight is 379 g/mol. The van der Waals surface area contributed by atoms with E-state index in [0.717, 1.165) is 22.9 Å². The lowest BCUT2D eigenvalue weighted by molar-refractivity contribution is 0.0199. The molecule has 1 aromatic carbocycles. The van der Waals surface area contributed by atoms with Crippen molar-refractivity contribution in [1.29, 1.82) is 0 Å². The third kappa shape index (κ3) is 5.47. The Hall–Kier alpha value is -1.67. The van der Waals surface area contributed by atoms with E-state index in [1.165, 1.54) is 0 Å². The summed E-state index contributed by atoms with van der Waals surface area (Å²) in [5, 5.41) is 0. The molecule has 0 atom stereocenters. The number of nitrogen functional groups attached to an aromatic ring is 1.